The van der Waals surface area contributed by atoms with E-state index >= 15 is 0 Å². The molecule has 0 aliphatic heterocycles. The molecule has 0 aliphatic rings. The Kier molecular flexibility index (Phi) is 5.80. The summed E-state index contributed by atoms with van der Waals surface area (Å²) in [5.74, 6) is -0.359. The van der Waals surface area contributed by atoms with E-state index < -0.39 is 10.1 Å². The van der Waals surface area contributed by atoms with Gasteiger partial charge in [0, 0.05) is 36.4 Å². The van der Waals surface area contributed by atoms with Gasteiger partial charge < -0.3 is 9.12 Å². The van der Waals surface area contributed by atoms with Gasteiger partial charge in [-0.1, -0.05) is 0 Å². The summed E-state index contributed by atoms with van der Waals surface area (Å²) in [6, 6.07) is 3.71. The van der Waals surface area contributed by atoms with Gasteiger partial charge in [-0.2, -0.15) is 5.10 Å². The van der Waals surface area contributed by atoms with E-state index in [1.807, 2.05) is 53.0 Å². The van der Waals surface area contributed by atoms with Crippen LogP contribution in [0.25, 0.3) is 0 Å². The standard InChI is InChI=1S/C14H18N4O3S2/c1-12-11-22-14(17(12)2)16-15-9-13-5-3-6-18(10-13)7-4-8-23(19,20)21/h3,5-6,9-11H,4,7-8H2,1-2H3/b15-9+,16-14-. The summed E-state index contributed by atoms with van der Waals surface area (Å²) >= 11 is 1.52. The third kappa shape index (κ3) is 5.70. The average molecular weight is 354 g/mol. The molecule has 2 aromatic heterocycles. The molecule has 0 bridgehead atoms. The highest BCUT2D eigenvalue weighted by molar-refractivity contribution is 7.85. The zero-order valence-corrected chi connectivity index (χ0v) is 14.5. The summed E-state index contributed by atoms with van der Waals surface area (Å²) < 4.78 is 35.6. The number of aryl methyl sites for hydroxylation is 2. The highest BCUT2D eigenvalue weighted by atomic mass is 32.2. The summed E-state index contributed by atoms with van der Waals surface area (Å²) in [6.07, 6.45) is 5.56. The summed E-state index contributed by atoms with van der Waals surface area (Å²) in [5, 5.41) is 10.3. The molecule has 124 valence electrons. The lowest BCUT2D eigenvalue weighted by molar-refractivity contribution is -0.696. The first-order chi connectivity index (χ1) is 10.8. The van der Waals surface area contributed by atoms with Crippen molar-refractivity contribution in [3.63, 3.8) is 0 Å². The quantitative estimate of drug-likeness (QED) is 0.328. The Balaban J connectivity index is 2.04. The van der Waals surface area contributed by atoms with Gasteiger partial charge in [-0.25, -0.2) is 13.0 Å². The van der Waals surface area contributed by atoms with Crippen molar-refractivity contribution in [2.24, 2.45) is 17.3 Å². The van der Waals surface area contributed by atoms with Crippen molar-refractivity contribution >= 4 is 27.7 Å². The van der Waals surface area contributed by atoms with Crippen LogP contribution in [0.5, 0.6) is 0 Å². The van der Waals surface area contributed by atoms with Crippen molar-refractivity contribution in [2.45, 2.75) is 19.9 Å². The van der Waals surface area contributed by atoms with Gasteiger partial charge in [0.2, 0.25) is 4.80 Å². The topological polar surface area (TPSA) is 90.7 Å². The molecule has 0 atom stereocenters. The Morgan fingerprint density at radius 2 is 2.26 bits per heavy atom. The van der Waals surface area contributed by atoms with E-state index in [1.165, 1.54) is 11.3 Å². The van der Waals surface area contributed by atoms with Gasteiger partial charge in [-0.05, 0) is 13.0 Å². The first kappa shape index (κ1) is 17.5. The van der Waals surface area contributed by atoms with E-state index in [2.05, 4.69) is 10.2 Å². The summed E-state index contributed by atoms with van der Waals surface area (Å²) in [5.41, 5.74) is 1.96. The van der Waals surface area contributed by atoms with Gasteiger partial charge in [-0.3, -0.25) is 0 Å². The molecular weight excluding hydrogens is 336 g/mol. The molecule has 2 heterocycles. The lowest BCUT2D eigenvalue weighted by atomic mass is 10.3. The molecule has 0 N–H and O–H groups in total. The van der Waals surface area contributed by atoms with Crippen molar-refractivity contribution in [1.29, 1.82) is 0 Å². The molecule has 0 saturated carbocycles. The van der Waals surface area contributed by atoms with Crippen LogP contribution in [0.15, 0.2) is 40.1 Å². The van der Waals surface area contributed by atoms with Gasteiger partial charge in [0.05, 0.1) is 21.9 Å². The number of hydrogen-bond donors (Lipinski definition) is 0. The smallest absolute Gasteiger partial charge is 0.210 e. The average Bonchev–Trinajstić information content (AvgIpc) is 2.78. The fourth-order valence-electron chi connectivity index (χ4n) is 1.86. The van der Waals surface area contributed by atoms with Gasteiger partial charge in [0.1, 0.15) is 6.54 Å². The van der Waals surface area contributed by atoms with Crippen LogP contribution in [-0.4, -0.2) is 29.5 Å². The Bertz CT molecular complexity index is 866. The molecule has 9 heteroatoms. The van der Waals surface area contributed by atoms with Crippen LogP contribution in [0.1, 0.15) is 17.7 Å². The molecule has 0 radical (unpaired) electrons. The maximum Gasteiger partial charge on any atom is 0.210 e. The van der Waals surface area contributed by atoms with Gasteiger partial charge in [-0.15, -0.1) is 16.4 Å². The van der Waals surface area contributed by atoms with E-state index in [1.54, 1.807) is 6.21 Å². The van der Waals surface area contributed by atoms with E-state index in [-0.39, 0.29) is 12.2 Å². The van der Waals surface area contributed by atoms with Crippen molar-refractivity contribution in [3.05, 3.63) is 46.0 Å². The molecule has 2 aromatic rings. The molecule has 0 spiro atoms. The number of thiazole rings is 1. The van der Waals surface area contributed by atoms with Crippen LogP contribution in [0.4, 0.5) is 0 Å². The molecule has 0 aromatic carbocycles. The lowest BCUT2D eigenvalue weighted by Gasteiger charge is -2.04. The highest BCUT2D eigenvalue weighted by Crippen LogP contribution is 1.97. The largest absolute Gasteiger partial charge is 0.748 e. The summed E-state index contributed by atoms with van der Waals surface area (Å²) in [7, 11) is -2.23. The van der Waals surface area contributed by atoms with Crippen LogP contribution in [0, 0.1) is 6.92 Å². The first-order valence-electron chi connectivity index (χ1n) is 6.96. The van der Waals surface area contributed by atoms with Crippen molar-refractivity contribution in [2.75, 3.05) is 5.75 Å². The molecule has 0 fully saturated rings. The second kappa shape index (κ2) is 7.62. The zero-order chi connectivity index (χ0) is 16.9. The second-order valence-corrected chi connectivity index (χ2v) is 7.41. The number of hydrogen-bond acceptors (Lipinski definition) is 6. The van der Waals surface area contributed by atoms with E-state index in [0.717, 1.165) is 16.1 Å². The van der Waals surface area contributed by atoms with Gasteiger partial charge in [0.15, 0.2) is 12.4 Å². The Hall–Kier alpha value is -1.84. The molecule has 23 heavy (non-hydrogen) atoms. The molecule has 0 aliphatic carbocycles. The third-order valence-corrected chi connectivity index (χ3v) is 5.01. The number of pyridine rings is 1. The lowest BCUT2D eigenvalue weighted by Crippen LogP contribution is -2.34. The Labute approximate surface area is 139 Å². The number of nitrogens with zero attached hydrogens (tertiary/aromatic N) is 4. The van der Waals surface area contributed by atoms with Crippen LogP contribution >= 0.6 is 11.3 Å². The van der Waals surface area contributed by atoms with Crippen molar-refractivity contribution in [3.8, 4) is 0 Å². The molecule has 2 rings (SSSR count). The predicted molar refractivity (Wildman–Crippen MR) is 87.0 cm³/mol. The predicted octanol–water partition coefficient (Wildman–Crippen LogP) is 0.553. The molecule has 0 saturated heterocycles. The maximum atomic E-state index is 10.6. The normalized spacial score (nSPS) is 13.1. The maximum absolute atomic E-state index is 10.6. The minimum absolute atomic E-state index is 0.284. The minimum atomic E-state index is -4.16. The second-order valence-electron chi connectivity index (χ2n) is 5.05. The van der Waals surface area contributed by atoms with Crippen LogP contribution in [0.3, 0.4) is 0 Å². The minimum Gasteiger partial charge on any atom is -0.748 e. The molecule has 0 amide bonds. The fraction of sp³-hybridized carbons (Fsp3) is 0.357. The van der Waals surface area contributed by atoms with Crippen LogP contribution in [0.2, 0.25) is 0 Å². The Morgan fingerprint density at radius 1 is 1.48 bits per heavy atom. The van der Waals surface area contributed by atoms with Crippen molar-refractivity contribution in [1.82, 2.24) is 4.57 Å². The van der Waals surface area contributed by atoms with Crippen LogP contribution in [-0.2, 0) is 23.7 Å². The molecular formula is C14H18N4O3S2. The van der Waals surface area contributed by atoms with E-state index in [4.69, 9.17) is 0 Å². The summed E-state index contributed by atoms with van der Waals surface area (Å²) in [6.45, 7) is 2.46. The van der Waals surface area contributed by atoms with Crippen LogP contribution < -0.4 is 9.37 Å². The first-order valence-corrected chi connectivity index (χ1v) is 9.42. The SMILES string of the molecule is Cc1cs/c(=N\N=C\c2ccc[n+](CCCS(=O)(=O)[O-])c2)n1C. The van der Waals surface area contributed by atoms with Crippen molar-refractivity contribution < 1.29 is 17.5 Å². The van der Waals surface area contributed by atoms with Gasteiger partial charge >= 0.3 is 0 Å². The third-order valence-electron chi connectivity index (χ3n) is 3.19. The number of aromatic nitrogens is 2. The van der Waals surface area contributed by atoms with E-state index in [9.17, 15) is 13.0 Å². The van der Waals surface area contributed by atoms with Gasteiger partial charge in [0.25, 0.3) is 0 Å². The fourth-order valence-corrected chi connectivity index (χ4v) is 3.18. The zero-order valence-electron chi connectivity index (χ0n) is 12.9. The summed E-state index contributed by atoms with van der Waals surface area (Å²) in [4.78, 5) is 0.809. The Morgan fingerprint density at radius 3 is 2.91 bits per heavy atom. The monoisotopic (exact) mass is 354 g/mol. The molecule has 7 nitrogen and oxygen atoms in total. The highest BCUT2D eigenvalue weighted by Gasteiger charge is 2.03. The number of rotatable bonds is 6. The van der Waals surface area contributed by atoms with E-state index in [0.29, 0.717) is 6.54 Å². The molecule has 0 unspecified atom stereocenters.